The average molecular weight is 332 g/mol. The third-order valence-corrected chi connectivity index (χ3v) is 1.67. The van der Waals surface area contributed by atoms with E-state index in [1.165, 1.54) is 0 Å². The van der Waals surface area contributed by atoms with Crippen molar-refractivity contribution in [3.8, 4) is 0 Å². The van der Waals surface area contributed by atoms with Crippen molar-refractivity contribution < 1.29 is 43.9 Å². The highest BCUT2D eigenvalue weighted by Crippen LogP contribution is 2.07. The van der Waals surface area contributed by atoms with E-state index in [2.05, 4.69) is 0 Å². The Labute approximate surface area is 120 Å². The van der Waals surface area contributed by atoms with Crippen LogP contribution in [0.4, 0.5) is 34.5 Å². The second-order valence-corrected chi connectivity index (χ2v) is 3.50. The predicted molar refractivity (Wildman–Crippen MR) is 64.4 cm³/mol. The lowest BCUT2D eigenvalue weighted by Crippen LogP contribution is -2.65. The second-order valence-electron chi connectivity index (χ2n) is 3.50. The fourth-order valence-electron chi connectivity index (χ4n) is 1.09. The van der Waals surface area contributed by atoms with Gasteiger partial charge in [-0.2, -0.15) is 0 Å². The summed E-state index contributed by atoms with van der Waals surface area (Å²) in [4.78, 5) is 0. The van der Waals surface area contributed by atoms with Crippen molar-refractivity contribution in [2.24, 2.45) is 0 Å². The number of nitrogens with zero attached hydrogens (tertiary/aromatic N) is 2. The molecule has 12 heteroatoms. The summed E-state index contributed by atoms with van der Waals surface area (Å²) in [6.45, 7) is 0. The fourth-order valence-corrected chi connectivity index (χ4v) is 1.09. The van der Waals surface area contributed by atoms with Gasteiger partial charge in [-0.05, 0) is 12.1 Å². The Morgan fingerprint density at radius 1 is 0.409 bits per heavy atom. The predicted octanol–water partition coefficient (Wildman–Crippen LogP) is 3.17. The zero-order valence-electron chi connectivity index (χ0n) is 10.8. The Morgan fingerprint density at radius 2 is 0.591 bits per heavy atom. The molecule has 2 heterocycles. The second kappa shape index (κ2) is 9.00. The van der Waals surface area contributed by atoms with Crippen LogP contribution in [0, 0.1) is 0 Å². The summed E-state index contributed by atoms with van der Waals surface area (Å²) in [5.74, 6) is 0. The van der Waals surface area contributed by atoms with Crippen LogP contribution in [0.25, 0.3) is 0 Å². The minimum absolute atomic E-state index is 2.00. The van der Waals surface area contributed by atoms with Gasteiger partial charge in [0.2, 0.25) is 24.8 Å². The molecule has 0 aliphatic carbocycles. The number of aromatic nitrogens is 2. The van der Waals surface area contributed by atoms with Crippen molar-refractivity contribution in [2.45, 2.75) is 0 Å². The summed E-state index contributed by atoms with van der Waals surface area (Å²) in [5.41, 5.74) is 0. The van der Waals surface area contributed by atoms with Crippen LogP contribution in [0.2, 0.25) is 0 Å². The minimum atomic E-state index is -6.00. The van der Waals surface area contributed by atoms with Crippen molar-refractivity contribution in [1.29, 1.82) is 0 Å². The van der Waals surface area contributed by atoms with E-state index < -0.39 is 14.5 Å². The molecule has 2 aromatic heterocycles. The first-order valence-electron chi connectivity index (χ1n) is 5.65. The third-order valence-electron chi connectivity index (χ3n) is 1.67. The molecule has 0 aliphatic rings. The molecule has 22 heavy (non-hydrogen) atoms. The molecule has 0 aromatic carbocycles. The van der Waals surface area contributed by atoms with Gasteiger partial charge in [0, 0.05) is 24.3 Å². The SMILES string of the molecule is F[B-](F)(F)F.F[B-](F)(F)F.c1cc[n+](-[n+]2ccccc2)cc1. The molecule has 0 saturated carbocycles. The van der Waals surface area contributed by atoms with E-state index in [1.54, 1.807) is 0 Å². The average Bonchev–Trinajstić information content (AvgIpc) is 2.37. The Bertz CT molecular complexity index is 456. The van der Waals surface area contributed by atoms with Gasteiger partial charge in [0.05, 0.1) is 9.35 Å². The first-order chi connectivity index (χ1) is 9.97. The van der Waals surface area contributed by atoms with Crippen LogP contribution >= 0.6 is 0 Å². The molecule has 0 N–H and O–H groups in total. The van der Waals surface area contributed by atoms with Gasteiger partial charge in [-0.1, -0.05) is 0 Å². The summed E-state index contributed by atoms with van der Waals surface area (Å²) in [6.07, 6.45) is 8.00. The number of rotatable bonds is 1. The van der Waals surface area contributed by atoms with Crippen molar-refractivity contribution in [2.75, 3.05) is 0 Å². The molecule has 0 atom stereocenters. The summed E-state index contributed by atoms with van der Waals surface area (Å²) in [5, 5.41) is 0. The maximum Gasteiger partial charge on any atom is 0.673 e. The lowest BCUT2D eigenvalue weighted by atomic mass is 10.3. The Kier molecular flexibility index (Phi) is 8.13. The first kappa shape index (κ1) is 19.9. The Balaban J connectivity index is 0.000000372. The summed E-state index contributed by atoms with van der Waals surface area (Å²) in [6, 6.07) is 12.0. The highest BCUT2D eigenvalue weighted by Gasteiger charge is 2.21. The van der Waals surface area contributed by atoms with Gasteiger partial charge >= 0.3 is 14.5 Å². The Morgan fingerprint density at radius 3 is 0.773 bits per heavy atom. The molecule has 0 radical (unpaired) electrons. The third kappa shape index (κ3) is 15.9. The van der Waals surface area contributed by atoms with Crippen molar-refractivity contribution in [3.63, 3.8) is 0 Å². The molecule has 0 bridgehead atoms. The summed E-state index contributed by atoms with van der Waals surface area (Å²) >= 11 is 0. The van der Waals surface area contributed by atoms with Gasteiger partial charge in [0.15, 0.2) is 0 Å². The topological polar surface area (TPSA) is 7.76 Å². The van der Waals surface area contributed by atoms with Crippen molar-refractivity contribution in [1.82, 2.24) is 0 Å². The molecule has 122 valence electrons. The van der Waals surface area contributed by atoms with Gasteiger partial charge in [0.25, 0.3) is 0 Å². The Hall–Kier alpha value is -2.13. The van der Waals surface area contributed by atoms with Crippen LogP contribution in [0.3, 0.4) is 0 Å². The van der Waals surface area contributed by atoms with E-state index in [4.69, 9.17) is 0 Å². The van der Waals surface area contributed by atoms with E-state index >= 15 is 0 Å². The number of hydrogen-bond acceptors (Lipinski definition) is 0. The summed E-state index contributed by atoms with van der Waals surface area (Å²) in [7, 11) is -12.0. The highest BCUT2D eigenvalue weighted by atomic mass is 19.5. The first-order valence-corrected chi connectivity index (χ1v) is 5.65. The van der Waals surface area contributed by atoms with E-state index in [9.17, 15) is 34.5 Å². The molecule has 0 amide bonds. The van der Waals surface area contributed by atoms with E-state index in [0.717, 1.165) is 0 Å². The monoisotopic (exact) mass is 332 g/mol. The smallest absolute Gasteiger partial charge is 0.418 e. The van der Waals surface area contributed by atoms with Gasteiger partial charge < -0.3 is 34.5 Å². The van der Waals surface area contributed by atoms with Gasteiger partial charge in [0.1, 0.15) is 0 Å². The van der Waals surface area contributed by atoms with E-state index in [-0.39, 0.29) is 0 Å². The molecule has 2 aromatic rings. The van der Waals surface area contributed by atoms with Crippen LogP contribution in [0.5, 0.6) is 0 Å². The molecule has 0 aliphatic heterocycles. The molecule has 2 rings (SSSR count). The molecule has 0 saturated heterocycles. The zero-order chi connectivity index (χ0) is 17.2. The molecule has 0 unspecified atom stereocenters. The number of hydrogen-bond donors (Lipinski definition) is 0. The van der Waals surface area contributed by atoms with Gasteiger partial charge in [-0.25, -0.2) is 0 Å². The lowest BCUT2D eigenvalue weighted by molar-refractivity contribution is -1.30. The van der Waals surface area contributed by atoms with Crippen LogP contribution < -0.4 is 9.35 Å². The van der Waals surface area contributed by atoms with Crippen LogP contribution in [-0.2, 0) is 0 Å². The standard InChI is InChI=1S/C10H10N2.2BF4/c1-3-7-11(8-4-1)12-9-5-2-6-10-12;2*2-1(3,4)5/h1-10H;;/q+2;2*-1. The van der Waals surface area contributed by atoms with E-state index in [1.807, 2.05) is 70.5 Å². The maximum absolute atomic E-state index is 9.75. The van der Waals surface area contributed by atoms with Gasteiger partial charge in [-0.15, -0.1) is 0 Å². The largest absolute Gasteiger partial charge is 0.673 e. The van der Waals surface area contributed by atoms with Crippen LogP contribution in [0.1, 0.15) is 0 Å². The van der Waals surface area contributed by atoms with Crippen molar-refractivity contribution in [3.05, 3.63) is 61.2 Å². The van der Waals surface area contributed by atoms with Crippen molar-refractivity contribution >= 4 is 14.5 Å². The van der Waals surface area contributed by atoms with E-state index in [0.29, 0.717) is 0 Å². The molecule has 2 nitrogen and oxygen atoms in total. The quantitative estimate of drug-likeness (QED) is 0.431. The lowest BCUT2D eigenvalue weighted by Gasteiger charge is -1.94. The summed E-state index contributed by atoms with van der Waals surface area (Å²) < 4.78 is 82.0. The number of pyridine rings is 2. The highest BCUT2D eigenvalue weighted by molar-refractivity contribution is 6.50. The molecular formula is C10H10B2F8N2. The molecular weight excluding hydrogens is 322 g/mol. The molecule has 0 fully saturated rings. The normalized spacial score (nSPS) is 10.7. The van der Waals surface area contributed by atoms with Crippen LogP contribution in [-0.4, -0.2) is 14.5 Å². The number of halogens is 8. The van der Waals surface area contributed by atoms with Crippen LogP contribution in [0.15, 0.2) is 61.2 Å². The maximum atomic E-state index is 9.75. The minimum Gasteiger partial charge on any atom is -0.418 e. The fraction of sp³-hybridized carbons (Fsp3) is 0. The van der Waals surface area contributed by atoms with Gasteiger partial charge in [-0.3, -0.25) is 0 Å². The zero-order valence-corrected chi connectivity index (χ0v) is 10.8. The molecule has 0 spiro atoms.